The van der Waals surface area contributed by atoms with Crippen molar-refractivity contribution >= 4 is 21.8 Å². The molecule has 64 heavy (non-hydrogen) atoms. The Hall–Kier alpha value is -7.56. The summed E-state index contributed by atoms with van der Waals surface area (Å²) in [5.74, 6) is 0.952. The highest BCUT2D eigenvalue weighted by atomic mass is 16.3. The van der Waals surface area contributed by atoms with Crippen molar-refractivity contribution in [1.82, 2.24) is 14.5 Å². The molecule has 8 aromatic carbocycles. The topological polar surface area (TPSA) is 50.9 Å². The minimum atomic E-state index is -0.313. The van der Waals surface area contributed by atoms with Crippen molar-refractivity contribution in [2.45, 2.75) is 52.4 Å². The number of para-hydroxylation sites is 1. The van der Waals surface area contributed by atoms with Gasteiger partial charge in [-0.15, -0.1) is 0 Å². The Morgan fingerprint density at radius 2 is 1.05 bits per heavy atom. The maximum Gasteiger partial charge on any atom is 0.149 e. The molecular formula is C60H51N3O. The SMILES string of the molecule is CC(C)(C)c1cc(-c2nc3c(-c4cc(-c5ccccc5)cc(-c5cc(-c6ccc(-c7ccccc7)cc6)ccn5)c4)cccc3n2-c2cccc3ccccc23)c(O)c(C(C)(C)C)c1. The van der Waals surface area contributed by atoms with Crippen LogP contribution in [-0.2, 0) is 10.8 Å². The normalized spacial score (nSPS) is 12.0. The van der Waals surface area contributed by atoms with Crippen LogP contribution in [0.4, 0.5) is 0 Å². The Morgan fingerprint density at radius 3 is 1.75 bits per heavy atom. The summed E-state index contributed by atoms with van der Waals surface area (Å²) in [5.41, 5.74) is 15.8. The van der Waals surface area contributed by atoms with E-state index >= 15 is 0 Å². The van der Waals surface area contributed by atoms with E-state index < -0.39 is 0 Å². The summed E-state index contributed by atoms with van der Waals surface area (Å²) < 4.78 is 2.26. The average molecular weight is 830 g/mol. The molecule has 0 saturated heterocycles. The van der Waals surface area contributed by atoms with Crippen molar-refractivity contribution in [2.75, 3.05) is 0 Å². The summed E-state index contributed by atoms with van der Waals surface area (Å²) in [6.07, 6.45) is 1.91. The van der Waals surface area contributed by atoms with E-state index in [0.717, 1.165) is 83.3 Å². The van der Waals surface area contributed by atoms with E-state index in [0.29, 0.717) is 11.4 Å². The Kier molecular flexibility index (Phi) is 10.1. The first-order valence-corrected chi connectivity index (χ1v) is 22.1. The number of nitrogens with zero attached hydrogens (tertiary/aromatic N) is 3. The quantitative estimate of drug-likeness (QED) is 0.174. The zero-order valence-electron chi connectivity index (χ0n) is 37.3. The van der Waals surface area contributed by atoms with Gasteiger partial charge in [0.15, 0.2) is 0 Å². The number of phenolic OH excluding ortho intramolecular Hbond substituents is 1. The molecule has 0 bridgehead atoms. The van der Waals surface area contributed by atoms with Crippen molar-refractivity contribution in [2.24, 2.45) is 0 Å². The van der Waals surface area contributed by atoms with Crippen molar-refractivity contribution in [3.63, 3.8) is 0 Å². The summed E-state index contributed by atoms with van der Waals surface area (Å²) >= 11 is 0. The third-order valence-corrected chi connectivity index (χ3v) is 12.4. The highest BCUT2D eigenvalue weighted by Gasteiger charge is 2.29. The molecule has 10 rings (SSSR count). The number of phenols is 1. The number of aromatic nitrogens is 3. The van der Waals surface area contributed by atoms with Crippen LogP contribution in [0.3, 0.4) is 0 Å². The van der Waals surface area contributed by atoms with Gasteiger partial charge >= 0.3 is 0 Å². The van der Waals surface area contributed by atoms with E-state index in [1.54, 1.807) is 0 Å². The van der Waals surface area contributed by atoms with E-state index in [4.69, 9.17) is 9.97 Å². The fraction of sp³-hybridized carbons (Fsp3) is 0.133. The molecule has 10 aromatic rings. The summed E-state index contributed by atoms with van der Waals surface area (Å²) in [6, 6.07) is 66.5. The molecular weight excluding hydrogens is 779 g/mol. The Labute approximate surface area is 376 Å². The summed E-state index contributed by atoms with van der Waals surface area (Å²) in [5, 5.41) is 14.6. The maximum absolute atomic E-state index is 12.4. The van der Waals surface area contributed by atoms with E-state index in [1.165, 1.54) is 11.1 Å². The zero-order valence-corrected chi connectivity index (χ0v) is 37.3. The molecule has 0 aliphatic carbocycles. The summed E-state index contributed by atoms with van der Waals surface area (Å²) in [4.78, 5) is 10.6. The lowest BCUT2D eigenvalue weighted by atomic mass is 9.79. The van der Waals surface area contributed by atoms with Crippen LogP contribution in [0.15, 0.2) is 194 Å². The van der Waals surface area contributed by atoms with Gasteiger partial charge in [0.2, 0.25) is 0 Å². The molecule has 0 spiro atoms. The molecule has 2 aromatic heterocycles. The Bertz CT molecular complexity index is 3330. The van der Waals surface area contributed by atoms with E-state index in [9.17, 15) is 5.11 Å². The molecule has 0 fully saturated rings. The predicted molar refractivity (Wildman–Crippen MR) is 268 cm³/mol. The van der Waals surface area contributed by atoms with Gasteiger partial charge in [-0.05, 0) is 109 Å². The van der Waals surface area contributed by atoms with Gasteiger partial charge in [0.1, 0.15) is 11.6 Å². The molecule has 0 aliphatic rings. The minimum Gasteiger partial charge on any atom is -0.507 e. The molecule has 0 radical (unpaired) electrons. The van der Waals surface area contributed by atoms with Gasteiger partial charge in [-0.1, -0.05) is 181 Å². The minimum absolute atomic E-state index is 0.171. The van der Waals surface area contributed by atoms with Gasteiger partial charge in [0.05, 0.1) is 28.0 Å². The molecule has 0 amide bonds. The molecule has 4 nitrogen and oxygen atoms in total. The van der Waals surface area contributed by atoms with Gasteiger partial charge in [-0.25, -0.2) is 4.98 Å². The van der Waals surface area contributed by atoms with Crippen molar-refractivity contribution < 1.29 is 5.11 Å². The molecule has 2 heterocycles. The Morgan fingerprint density at radius 1 is 0.453 bits per heavy atom. The second-order valence-corrected chi connectivity index (χ2v) is 18.9. The summed E-state index contributed by atoms with van der Waals surface area (Å²) in [6.45, 7) is 13.2. The fourth-order valence-electron chi connectivity index (χ4n) is 8.95. The van der Waals surface area contributed by atoms with Gasteiger partial charge in [-0.2, -0.15) is 0 Å². The lowest BCUT2D eigenvalue weighted by Gasteiger charge is -2.27. The van der Waals surface area contributed by atoms with Crippen molar-refractivity contribution in [3.05, 3.63) is 205 Å². The molecule has 0 atom stereocenters. The van der Waals surface area contributed by atoms with Crippen LogP contribution >= 0.6 is 0 Å². The molecule has 4 heteroatoms. The Balaban J connectivity index is 1.20. The van der Waals surface area contributed by atoms with Gasteiger partial charge < -0.3 is 5.11 Å². The van der Waals surface area contributed by atoms with Crippen LogP contribution in [-0.4, -0.2) is 19.6 Å². The maximum atomic E-state index is 12.4. The highest BCUT2D eigenvalue weighted by molar-refractivity contribution is 6.00. The molecule has 312 valence electrons. The first-order valence-electron chi connectivity index (χ1n) is 22.1. The smallest absolute Gasteiger partial charge is 0.149 e. The fourth-order valence-corrected chi connectivity index (χ4v) is 8.95. The lowest BCUT2D eigenvalue weighted by molar-refractivity contribution is 0.446. The van der Waals surface area contributed by atoms with Crippen molar-refractivity contribution in [1.29, 1.82) is 0 Å². The number of aromatic hydroxyl groups is 1. The van der Waals surface area contributed by atoms with Crippen LogP contribution in [0.5, 0.6) is 5.75 Å². The largest absolute Gasteiger partial charge is 0.507 e. The lowest BCUT2D eigenvalue weighted by Crippen LogP contribution is -2.17. The summed E-state index contributed by atoms with van der Waals surface area (Å²) in [7, 11) is 0. The monoisotopic (exact) mass is 829 g/mol. The van der Waals surface area contributed by atoms with Crippen LogP contribution in [0.25, 0.3) is 94.6 Å². The van der Waals surface area contributed by atoms with E-state index in [2.05, 4.69) is 228 Å². The van der Waals surface area contributed by atoms with Gasteiger partial charge in [-0.3, -0.25) is 9.55 Å². The predicted octanol–water partition coefficient (Wildman–Crippen LogP) is 15.9. The number of benzene rings is 8. The first kappa shape index (κ1) is 40.5. The number of pyridine rings is 1. The third kappa shape index (κ3) is 7.56. The highest BCUT2D eigenvalue weighted by Crippen LogP contribution is 2.45. The van der Waals surface area contributed by atoms with E-state index in [-0.39, 0.29) is 16.6 Å². The molecule has 0 saturated carbocycles. The molecule has 1 N–H and O–H groups in total. The number of fused-ring (bicyclic) bond motifs is 2. The standard InChI is InChI=1S/C60H51N3O/c1-59(2,3)48-37-51(57(64)52(38-48)60(4,5)6)58-62-56-50(24-16-26-55(56)63(58)54-25-15-22-43-21-13-14-23-49(43)54)46-33-45(40-19-11-8-12-20-40)34-47(35-46)53-36-44(31-32-61-53)42-29-27-41(28-30-42)39-17-9-7-10-18-39/h7-38,64H,1-6H3. The first-order chi connectivity index (χ1) is 30.9. The number of hydrogen-bond donors (Lipinski definition) is 1. The number of hydrogen-bond acceptors (Lipinski definition) is 3. The third-order valence-electron chi connectivity index (χ3n) is 12.4. The van der Waals surface area contributed by atoms with Crippen LogP contribution in [0, 0.1) is 0 Å². The van der Waals surface area contributed by atoms with Crippen molar-refractivity contribution in [3.8, 4) is 78.6 Å². The number of imidazole rings is 1. The van der Waals surface area contributed by atoms with Crippen LogP contribution in [0.1, 0.15) is 52.7 Å². The zero-order chi connectivity index (χ0) is 44.2. The van der Waals surface area contributed by atoms with Gasteiger partial charge in [0, 0.05) is 28.3 Å². The van der Waals surface area contributed by atoms with Crippen LogP contribution in [0.2, 0.25) is 0 Å². The van der Waals surface area contributed by atoms with Gasteiger partial charge in [0.25, 0.3) is 0 Å². The second kappa shape index (κ2) is 16.0. The molecule has 0 unspecified atom stereocenters. The van der Waals surface area contributed by atoms with E-state index in [1.807, 2.05) is 12.3 Å². The average Bonchev–Trinajstić information content (AvgIpc) is 3.70. The molecule has 0 aliphatic heterocycles. The number of rotatable bonds is 7. The van der Waals surface area contributed by atoms with Crippen LogP contribution < -0.4 is 0 Å². The second-order valence-electron chi connectivity index (χ2n) is 18.9.